The smallest absolute Gasteiger partial charge is 0.410 e. The summed E-state index contributed by atoms with van der Waals surface area (Å²) in [7, 11) is 0. The number of pyridine rings is 1. The van der Waals surface area contributed by atoms with Gasteiger partial charge in [0.1, 0.15) is 11.2 Å². The van der Waals surface area contributed by atoms with Gasteiger partial charge in [-0.25, -0.2) is 4.79 Å². The monoisotopic (exact) mass is 328 g/mol. The molecule has 1 aromatic heterocycles. The standard InChI is InChI=1S/C13H17BrN2O3/c1-12(2,3)19-11(17)16-7-13(18,8-16)9-4-5-15-6-10(9)14/h4-6,18H,7-8H2,1-3H3. The van der Waals surface area contributed by atoms with E-state index in [0.717, 1.165) is 10.0 Å². The minimum absolute atomic E-state index is 0.227. The third-order valence-electron chi connectivity index (χ3n) is 2.83. The highest BCUT2D eigenvalue weighted by molar-refractivity contribution is 9.10. The Morgan fingerprint density at radius 3 is 2.68 bits per heavy atom. The number of hydrogen-bond donors (Lipinski definition) is 1. The van der Waals surface area contributed by atoms with Crippen LogP contribution >= 0.6 is 15.9 Å². The van der Waals surface area contributed by atoms with Crippen LogP contribution in [0.15, 0.2) is 22.9 Å². The molecule has 0 unspecified atom stereocenters. The maximum Gasteiger partial charge on any atom is 0.410 e. The first-order chi connectivity index (χ1) is 8.71. The van der Waals surface area contributed by atoms with E-state index in [1.165, 1.54) is 4.90 Å². The molecular formula is C13H17BrN2O3. The Kier molecular flexibility index (Phi) is 3.57. The zero-order chi connectivity index (χ0) is 14.3. The van der Waals surface area contributed by atoms with E-state index in [2.05, 4.69) is 20.9 Å². The van der Waals surface area contributed by atoms with Crippen molar-refractivity contribution in [2.75, 3.05) is 13.1 Å². The topological polar surface area (TPSA) is 62.7 Å². The van der Waals surface area contributed by atoms with Crippen LogP contribution in [0.3, 0.4) is 0 Å². The van der Waals surface area contributed by atoms with Crippen LogP contribution in [-0.2, 0) is 10.3 Å². The van der Waals surface area contributed by atoms with E-state index < -0.39 is 17.3 Å². The highest BCUT2D eigenvalue weighted by Gasteiger charge is 2.47. The number of nitrogens with zero attached hydrogens (tertiary/aromatic N) is 2. The maximum absolute atomic E-state index is 11.8. The van der Waals surface area contributed by atoms with Crippen molar-refractivity contribution in [3.63, 3.8) is 0 Å². The van der Waals surface area contributed by atoms with Gasteiger partial charge in [-0.1, -0.05) is 0 Å². The van der Waals surface area contributed by atoms with Crippen molar-refractivity contribution in [3.05, 3.63) is 28.5 Å². The molecule has 1 amide bonds. The summed E-state index contributed by atoms with van der Waals surface area (Å²) in [6.45, 7) is 5.90. The molecule has 0 aromatic carbocycles. The maximum atomic E-state index is 11.8. The lowest BCUT2D eigenvalue weighted by Crippen LogP contribution is -2.62. The molecule has 1 N–H and O–H groups in total. The van der Waals surface area contributed by atoms with Crippen LogP contribution in [0.2, 0.25) is 0 Å². The van der Waals surface area contributed by atoms with E-state index in [9.17, 15) is 9.90 Å². The average molecular weight is 329 g/mol. The fourth-order valence-corrected chi connectivity index (χ4v) is 2.58. The van der Waals surface area contributed by atoms with E-state index in [1.807, 2.05) is 20.8 Å². The highest BCUT2D eigenvalue weighted by Crippen LogP contribution is 2.36. The van der Waals surface area contributed by atoms with Gasteiger partial charge in [0.25, 0.3) is 0 Å². The fourth-order valence-electron chi connectivity index (χ4n) is 1.96. The summed E-state index contributed by atoms with van der Waals surface area (Å²) < 4.78 is 5.99. The molecule has 1 saturated heterocycles. The molecule has 0 aliphatic carbocycles. The van der Waals surface area contributed by atoms with Gasteiger partial charge in [0.15, 0.2) is 0 Å². The molecule has 1 fully saturated rings. The lowest BCUT2D eigenvalue weighted by Gasteiger charge is -2.46. The summed E-state index contributed by atoms with van der Waals surface area (Å²) in [6.07, 6.45) is 2.85. The molecule has 104 valence electrons. The molecule has 2 heterocycles. The van der Waals surface area contributed by atoms with Crippen LogP contribution in [0, 0.1) is 0 Å². The van der Waals surface area contributed by atoms with Crippen LogP contribution < -0.4 is 0 Å². The van der Waals surface area contributed by atoms with Crippen molar-refractivity contribution in [2.24, 2.45) is 0 Å². The van der Waals surface area contributed by atoms with Crippen molar-refractivity contribution < 1.29 is 14.6 Å². The molecule has 0 saturated carbocycles. The van der Waals surface area contributed by atoms with E-state index >= 15 is 0 Å². The van der Waals surface area contributed by atoms with Gasteiger partial charge in [-0.2, -0.15) is 0 Å². The molecule has 19 heavy (non-hydrogen) atoms. The number of rotatable bonds is 1. The number of halogens is 1. The van der Waals surface area contributed by atoms with Gasteiger partial charge >= 0.3 is 6.09 Å². The van der Waals surface area contributed by atoms with E-state index in [4.69, 9.17) is 4.74 Å². The zero-order valence-electron chi connectivity index (χ0n) is 11.2. The summed E-state index contributed by atoms with van der Waals surface area (Å²) in [4.78, 5) is 17.3. The number of ether oxygens (including phenoxy) is 1. The summed E-state index contributed by atoms with van der Waals surface area (Å²) in [5, 5.41) is 10.5. The third-order valence-corrected chi connectivity index (χ3v) is 3.46. The molecule has 0 radical (unpaired) electrons. The predicted molar refractivity (Wildman–Crippen MR) is 73.6 cm³/mol. The average Bonchev–Trinajstić information content (AvgIpc) is 2.23. The van der Waals surface area contributed by atoms with Crippen molar-refractivity contribution in [3.8, 4) is 0 Å². The lowest BCUT2D eigenvalue weighted by atomic mass is 9.87. The van der Waals surface area contributed by atoms with E-state index in [-0.39, 0.29) is 13.1 Å². The van der Waals surface area contributed by atoms with Crippen LogP contribution in [-0.4, -0.2) is 39.8 Å². The normalized spacial score (nSPS) is 17.8. The molecule has 6 heteroatoms. The molecule has 1 aliphatic heterocycles. The summed E-state index contributed by atoms with van der Waals surface area (Å²) in [5.74, 6) is 0. The SMILES string of the molecule is CC(C)(C)OC(=O)N1CC(O)(c2ccncc2Br)C1. The van der Waals surface area contributed by atoms with Gasteiger partial charge in [0, 0.05) is 22.4 Å². The molecule has 1 aliphatic rings. The first-order valence-electron chi connectivity index (χ1n) is 6.02. The Balaban J connectivity index is 2.02. The number of aromatic nitrogens is 1. The summed E-state index contributed by atoms with van der Waals surface area (Å²) in [5.41, 5.74) is -0.817. The molecule has 0 spiro atoms. The molecule has 0 atom stereocenters. The van der Waals surface area contributed by atoms with Crippen LogP contribution in [0.25, 0.3) is 0 Å². The van der Waals surface area contributed by atoms with Gasteiger partial charge < -0.3 is 14.7 Å². The molecule has 0 bridgehead atoms. The minimum atomic E-state index is -1.03. The number of hydrogen-bond acceptors (Lipinski definition) is 4. The fraction of sp³-hybridized carbons (Fsp3) is 0.538. The third kappa shape index (κ3) is 3.06. The predicted octanol–water partition coefficient (Wildman–Crippen LogP) is 2.28. The second-order valence-electron chi connectivity index (χ2n) is 5.72. The second-order valence-corrected chi connectivity index (χ2v) is 6.58. The number of amides is 1. The number of carbonyl (C=O) groups is 1. The van der Waals surface area contributed by atoms with Crippen LogP contribution in [0.5, 0.6) is 0 Å². The molecule has 1 aromatic rings. The highest BCUT2D eigenvalue weighted by atomic mass is 79.9. The van der Waals surface area contributed by atoms with Crippen molar-refractivity contribution >= 4 is 22.0 Å². The lowest BCUT2D eigenvalue weighted by molar-refractivity contribution is -0.104. The van der Waals surface area contributed by atoms with Gasteiger partial charge in [-0.3, -0.25) is 4.98 Å². The molecular weight excluding hydrogens is 312 g/mol. The van der Waals surface area contributed by atoms with Gasteiger partial charge in [-0.15, -0.1) is 0 Å². The number of carbonyl (C=O) groups excluding carboxylic acids is 1. The van der Waals surface area contributed by atoms with Crippen LogP contribution in [0.1, 0.15) is 26.3 Å². The summed E-state index contributed by atoms with van der Waals surface area (Å²) in [6, 6.07) is 1.75. The Morgan fingerprint density at radius 1 is 1.53 bits per heavy atom. The van der Waals surface area contributed by atoms with Crippen molar-refractivity contribution in [1.82, 2.24) is 9.88 Å². The van der Waals surface area contributed by atoms with Gasteiger partial charge in [0.05, 0.1) is 13.1 Å². The summed E-state index contributed by atoms with van der Waals surface area (Å²) >= 11 is 3.36. The van der Waals surface area contributed by atoms with E-state index in [0.29, 0.717) is 0 Å². The largest absolute Gasteiger partial charge is 0.444 e. The Morgan fingerprint density at radius 2 is 2.16 bits per heavy atom. The van der Waals surface area contributed by atoms with Crippen molar-refractivity contribution in [2.45, 2.75) is 32.0 Å². The number of aliphatic hydroxyl groups is 1. The Labute approximate surface area is 120 Å². The zero-order valence-corrected chi connectivity index (χ0v) is 12.8. The van der Waals surface area contributed by atoms with Gasteiger partial charge in [0.2, 0.25) is 0 Å². The number of likely N-dealkylation sites (tertiary alicyclic amines) is 1. The van der Waals surface area contributed by atoms with Crippen molar-refractivity contribution in [1.29, 1.82) is 0 Å². The van der Waals surface area contributed by atoms with Gasteiger partial charge in [-0.05, 0) is 42.8 Å². The Bertz CT molecular complexity index is 493. The second kappa shape index (κ2) is 4.76. The quantitative estimate of drug-likeness (QED) is 0.859. The first kappa shape index (κ1) is 14.3. The molecule has 5 nitrogen and oxygen atoms in total. The van der Waals surface area contributed by atoms with Crippen LogP contribution in [0.4, 0.5) is 4.79 Å². The minimum Gasteiger partial charge on any atom is -0.444 e. The Hall–Kier alpha value is -1.14. The van der Waals surface area contributed by atoms with E-state index in [1.54, 1.807) is 18.5 Å². The first-order valence-corrected chi connectivity index (χ1v) is 6.81. The molecule has 2 rings (SSSR count). The number of β-amino-alcohol motifs (C(OH)–C–C–N with tert-alkyl or cyclic N) is 1.